The van der Waals surface area contributed by atoms with Gasteiger partial charge in [0.15, 0.2) is 0 Å². The normalized spacial score (nSPS) is 26.2. The number of hydrogen-bond acceptors (Lipinski definition) is 2. The van der Waals surface area contributed by atoms with Crippen molar-refractivity contribution in [3.8, 4) is 0 Å². The van der Waals surface area contributed by atoms with Gasteiger partial charge in [-0.15, -0.1) is 0 Å². The van der Waals surface area contributed by atoms with Crippen LogP contribution < -0.4 is 5.32 Å². The largest absolute Gasteiger partial charge is 0.358 e. The van der Waals surface area contributed by atoms with E-state index in [-0.39, 0.29) is 10.2 Å². The second-order valence-corrected chi connectivity index (χ2v) is 15.1. The summed E-state index contributed by atoms with van der Waals surface area (Å²) in [5.74, 6) is 9.79. The lowest BCUT2D eigenvalue weighted by Crippen LogP contribution is -2.43. The smallest absolute Gasteiger partial charge is 0.0425 e. The van der Waals surface area contributed by atoms with Crippen molar-refractivity contribution < 1.29 is 0 Å². The van der Waals surface area contributed by atoms with E-state index in [9.17, 15) is 0 Å². The molecule has 0 atom stereocenters. The number of rotatable bonds is 6. The maximum absolute atomic E-state index is 6.33. The quantitative estimate of drug-likeness (QED) is 0.428. The molecular formula is C30H39ClN2S. The van der Waals surface area contributed by atoms with Crippen molar-refractivity contribution in [3.05, 3.63) is 76.5 Å². The van der Waals surface area contributed by atoms with Gasteiger partial charge in [-0.2, -0.15) is 0 Å². The van der Waals surface area contributed by atoms with Crippen molar-refractivity contribution in [1.29, 1.82) is 0 Å². The lowest BCUT2D eigenvalue weighted by Gasteiger charge is -2.51. The minimum absolute atomic E-state index is 0.0420. The van der Waals surface area contributed by atoms with Crippen LogP contribution in [0.3, 0.4) is 0 Å². The van der Waals surface area contributed by atoms with Crippen LogP contribution in [0.1, 0.15) is 55.7 Å². The summed E-state index contributed by atoms with van der Waals surface area (Å²) in [7, 11) is -1.12. The third-order valence-corrected chi connectivity index (χ3v) is 11.5. The number of nitrogens with zero attached hydrogens (tertiary/aromatic N) is 1. The van der Waals surface area contributed by atoms with Crippen molar-refractivity contribution in [2.75, 3.05) is 31.2 Å². The van der Waals surface area contributed by atoms with Gasteiger partial charge in [-0.1, -0.05) is 61.1 Å². The average Bonchev–Trinajstić information content (AvgIpc) is 3.03. The first-order valence-corrected chi connectivity index (χ1v) is 15.4. The average molecular weight is 495 g/mol. The van der Waals surface area contributed by atoms with Gasteiger partial charge in [0.2, 0.25) is 0 Å². The number of halogens is 1. The molecule has 34 heavy (non-hydrogen) atoms. The van der Waals surface area contributed by atoms with Gasteiger partial charge in [-0.25, -0.2) is 9.21 Å². The predicted molar refractivity (Wildman–Crippen MR) is 154 cm³/mol. The molecule has 4 heteroatoms. The zero-order valence-corrected chi connectivity index (χ0v) is 22.4. The predicted octanol–water partition coefficient (Wildman–Crippen LogP) is 7.17. The fourth-order valence-corrected chi connectivity index (χ4v) is 8.92. The van der Waals surface area contributed by atoms with Gasteiger partial charge in [0, 0.05) is 26.6 Å². The summed E-state index contributed by atoms with van der Waals surface area (Å²) in [6.45, 7) is 10.1. The highest BCUT2D eigenvalue weighted by molar-refractivity contribution is 8.27. The fourth-order valence-electron chi connectivity index (χ4n) is 6.67. The van der Waals surface area contributed by atoms with E-state index < -0.39 is 9.21 Å². The van der Waals surface area contributed by atoms with Crippen LogP contribution in [0.2, 0.25) is 5.02 Å². The summed E-state index contributed by atoms with van der Waals surface area (Å²) >= 11 is 6.33. The molecule has 0 bridgehead atoms. The number of aryl methyl sites for hydroxylation is 1. The van der Waals surface area contributed by atoms with E-state index in [0.29, 0.717) is 0 Å². The van der Waals surface area contributed by atoms with Crippen LogP contribution in [0.5, 0.6) is 0 Å². The van der Waals surface area contributed by atoms with E-state index in [1.807, 2.05) is 6.07 Å². The first-order chi connectivity index (χ1) is 16.1. The second kappa shape index (κ2) is 8.76. The first kappa shape index (κ1) is 24.0. The molecule has 1 saturated carbocycles. The zero-order valence-electron chi connectivity index (χ0n) is 20.8. The number of allylic oxidation sites excluding steroid dienone is 1. The van der Waals surface area contributed by atoms with Crippen molar-refractivity contribution in [1.82, 2.24) is 4.90 Å². The molecule has 0 amide bonds. The number of fused-ring (bicyclic) bond motifs is 2. The van der Waals surface area contributed by atoms with E-state index in [1.165, 1.54) is 41.6 Å². The lowest BCUT2D eigenvalue weighted by molar-refractivity contribution is 0.179. The van der Waals surface area contributed by atoms with Crippen LogP contribution in [0.25, 0.3) is 0 Å². The Morgan fingerprint density at radius 2 is 1.76 bits per heavy atom. The highest BCUT2D eigenvalue weighted by atomic mass is 35.5. The van der Waals surface area contributed by atoms with Crippen LogP contribution in [0, 0.1) is 5.92 Å². The second-order valence-electron chi connectivity index (χ2n) is 11.3. The summed E-state index contributed by atoms with van der Waals surface area (Å²) < 4.78 is 0.219. The fraction of sp³-hybridized carbons (Fsp3) is 0.467. The highest BCUT2D eigenvalue weighted by Crippen LogP contribution is 2.59. The van der Waals surface area contributed by atoms with Gasteiger partial charge >= 0.3 is 0 Å². The molecule has 2 aromatic rings. The van der Waals surface area contributed by atoms with Gasteiger partial charge < -0.3 is 10.2 Å². The topological polar surface area (TPSA) is 15.3 Å². The summed E-state index contributed by atoms with van der Waals surface area (Å²) in [6.07, 6.45) is 9.30. The lowest BCUT2D eigenvalue weighted by atomic mass is 9.71. The zero-order chi connectivity index (χ0) is 24.1. The Labute approximate surface area is 211 Å². The van der Waals surface area contributed by atoms with Crippen LogP contribution in [-0.4, -0.2) is 42.5 Å². The molecule has 2 heterocycles. The number of hydrogen-bond donors (Lipinski definition) is 1. The van der Waals surface area contributed by atoms with E-state index in [4.69, 9.17) is 11.6 Å². The van der Waals surface area contributed by atoms with E-state index in [0.717, 1.165) is 55.5 Å². The molecule has 3 aliphatic rings. The Bertz CT molecular complexity index is 1180. The van der Waals surface area contributed by atoms with Gasteiger partial charge in [-0.05, 0) is 105 Å². The molecule has 2 aliphatic heterocycles. The van der Waals surface area contributed by atoms with Gasteiger partial charge in [-0.3, -0.25) is 0 Å². The third kappa shape index (κ3) is 4.04. The minimum atomic E-state index is -1.12. The van der Waals surface area contributed by atoms with E-state index in [2.05, 4.69) is 78.1 Å². The van der Waals surface area contributed by atoms with Gasteiger partial charge in [0.05, 0.1) is 0 Å². The number of benzene rings is 2. The standard InChI is InChI=1S/C30H39ClN2S/c1-22-20-30(21-22,34(3,4)5)25-10-8-24(9-11-25)7-6-16-33-17-14-29(15-18-33)23(2)32-28-13-12-26(31)19-27(28)29/h8-13,19,22,32H,2-4,6-7,14-18,20-21H2,1,5H3. The molecule has 0 radical (unpaired) electrons. The molecule has 0 aromatic heterocycles. The summed E-state index contributed by atoms with van der Waals surface area (Å²) in [5, 5.41) is 4.34. The number of nitrogens with one attached hydrogen (secondary N) is 1. The molecular weight excluding hydrogens is 456 g/mol. The summed E-state index contributed by atoms with van der Waals surface area (Å²) in [4.78, 5) is 2.63. The number of piperidine rings is 1. The van der Waals surface area contributed by atoms with Crippen molar-refractivity contribution in [3.63, 3.8) is 0 Å². The molecule has 0 unspecified atom stereocenters. The molecule has 2 aromatic carbocycles. The maximum atomic E-state index is 6.33. The van der Waals surface area contributed by atoms with Crippen molar-refractivity contribution >= 4 is 38.2 Å². The summed E-state index contributed by atoms with van der Waals surface area (Å²) in [6, 6.07) is 15.6. The first-order valence-electron chi connectivity index (χ1n) is 12.7. The van der Waals surface area contributed by atoms with Crippen LogP contribution >= 0.6 is 20.8 Å². The molecule has 5 rings (SSSR count). The van der Waals surface area contributed by atoms with Crippen LogP contribution in [0.4, 0.5) is 5.69 Å². The van der Waals surface area contributed by atoms with Gasteiger partial charge in [0.25, 0.3) is 0 Å². The van der Waals surface area contributed by atoms with Crippen molar-refractivity contribution in [2.45, 2.75) is 55.6 Å². The maximum Gasteiger partial charge on any atom is 0.0425 e. The number of anilines is 1. The highest BCUT2D eigenvalue weighted by Gasteiger charge is 2.45. The molecule has 1 aliphatic carbocycles. The number of likely N-dealkylation sites (tertiary alicyclic amines) is 1. The monoisotopic (exact) mass is 494 g/mol. The van der Waals surface area contributed by atoms with E-state index in [1.54, 1.807) is 0 Å². The minimum Gasteiger partial charge on any atom is -0.358 e. The Morgan fingerprint density at radius 3 is 2.38 bits per heavy atom. The molecule has 2 fully saturated rings. The Morgan fingerprint density at radius 1 is 1.09 bits per heavy atom. The van der Waals surface area contributed by atoms with Crippen LogP contribution in [0.15, 0.2) is 54.7 Å². The van der Waals surface area contributed by atoms with Crippen LogP contribution in [-0.2, 0) is 16.6 Å². The molecule has 1 N–H and O–H groups in total. The molecule has 1 saturated heterocycles. The third-order valence-electron chi connectivity index (χ3n) is 8.79. The Balaban J connectivity index is 1.16. The van der Waals surface area contributed by atoms with E-state index >= 15 is 0 Å². The molecule has 1 spiro atoms. The molecule has 182 valence electrons. The Kier molecular flexibility index (Phi) is 6.19. The summed E-state index contributed by atoms with van der Waals surface area (Å²) in [5.41, 5.74) is 6.62. The molecule has 2 nitrogen and oxygen atoms in total. The Hall–Kier alpha value is -1.68. The van der Waals surface area contributed by atoms with Crippen molar-refractivity contribution in [2.24, 2.45) is 5.92 Å². The van der Waals surface area contributed by atoms with Gasteiger partial charge in [0.1, 0.15) is 0 Å². The SMILES string of the molecule is C=C1Nc2ccc(Cl)cc2C12CCN(CCCc1ccc(C3(S(=C)(=C)C)CC(C)C3)cc1)CC2.